The third kappa shape index (κ3) is 9.10. The quantitative estimate of drug-likeness (QED) is 0.400. The Balaban J connectivity index is 1.53. The van der Waals surface area contributed by atoms with Crippen molar-refractivity contribution in [2.45, 2.75) is 72.0 Å². The zero-order valence-corrected chi connectivity index (χ0v) is 24.2. The molecule has 11 nitrogen and oxygen atoms in total. The molecule has 2 aromatic heterocycles. The van der Waals surface area contributed by atoms with Gasteiger partial charge >= 0.3 is 0 Å². The zero-order chi connectivity index (χ0) is 29.2. The Morgan fingerprint density at radius 1 is 1.20 bits per heavy atom. The highest BCUT2D eigenvalue weighted by Gasteiger charge is 2.25. The fourth-order valence-electron chi connectivity index (χ4n) is 4.76. The van der Waals surface area contributed by atoms with E-state index in [4.69, 9.17) is 4.74 Å². The maximum absolute atomic E-state index is 14.1. The molecule has 1 aliphatic rings. The minimum absolute atomic E-state index is 0.0380. The van der Waals surface area contributed by atoms with Crippen LogP contribution >= 0.6 is 0 Å². The monoisotopic (exact) mass is 568 g/mol. The summed E-state index contributed by atoms with van der Waals surface area (Å²) in [6.07, 6.45) is 7.97. The molecule has 4 rings (SSSR count). The normalized spacial score (nSPS) is 17.7. The predicted octanol–water partition coefficient (Wildman–Crippen LogP) is 2.88. The molecule has 0 saturated heterocycles. The first-order valence-electron chi connectivity index (χ1n) is 14.5. The SMILES string of the molecule is CCCCc1ncc(CN2CCNC(=O)[C@@H](CC(C)C)NC(=O)c3cc(F)ccc3OCCn3cc(nn3)CC2)[nH]1. The number of benzene rings is 1. The molecule has 3 aromatic rings. The summed E-state index contributed by atoms with van der Waals surface area (Å²) in [5.41, 5.74) is 1.89. The number of fused-ring (bicyclic) bond motifs is 3. The molecule has 0 spiro atoms. The Morgan fingerprint density at radius 2 is 2.05 bits per heavy atom. The predicted molar refractivity (Wildman–Crippen MR) is 152 cm³/mol. The van der Waals surface area contributed by atoms with Gasteiger partial charge in [0, 0.05) is 57.1 Å². The highest BCUT2D eigenvalue weighted by molar-refractivity contribution is 5.99. The molecule has 41 heavy (non-hydrogen) atoms. The number of carbonyl (C=O) groups is 2. The van der Waals surface area contributed by atoms with Crippen molar-refractivity contribution in [1.29, 1.82) is 0 Å². The number of nitrogens with zero attached hydrogens (tertiary/aromatic N) is 5. The summed E-state index contributed by atoms with van der Waals surface area (Å²) >= 11 is 0. The Morgan fingerprint density at radius 3 is 2.85 bits per heavy atom. The van der Waals surface area contributed by atoms with E-state index in [1.165, 1.54) is 12.1 Å². The fraction of sp³-hybridized carbons (Fsp3) is 0.552. The average molecular weight is 569 g/mol. The summed E-state index contributed by atoms with van der Waals surface area (Å²) in [6.45, 7) is 9.07. The van der Waals surface area contributed by atoms with Crippen LogP contribution in [-0.2, 0) is 30.7 Å². The van der Waals surface area contributed by atoms with Crippen LogP contribution < -0.4 is 15.4 Å². The number of ether oxygens (including phenoxy) is 1. The number of aryl methyl sites for hydroxylation is 1. The number of aromatic nitrogens is 5. The van der Waals surface area contributed by atoms with E-state index in [0.29, 0.717) is 45.6 Å². The van der Waals surface area contributed by atoms with Gasteiger partial charge in [0.15, 0.2) is 0 Å². The molecule has 222 valence electrons. The lowest BCUT2D eigenvalue weighted by atomic mass is 10.0. The van der Waals surface area contributed by atoms with E-state index in [1.807, 2.05) is 26.2 Å². The molecule has 1 atom stereocenters. The second kappa shape index (κ2) is 14.7. The van der Waals surface area contributed by atoms with Crippen LogP contribution in [0.5, 0.6) is 5.75 Å². The van der Waals surface area contributed by atoms with Gasteiger partial charge in [0.25, 0.3) is 5.91 Å². The van der Waals surface area contributed by atoms with E-state index in [0.717, 1.165) is 42.5 Å². The van der Waals surface area contributed by atoms with Gasteiger partial charge in [-0.15, -0.1) is 5.10 Å². The van der Waals surface area contributed by atoms with E-state index in [2.05, 4.69) is 42.7 Å². The van der Waals surface area contributed by atoms with Gasteiger partial charge in [-0.1, -0.05) is 32.4 Å². The van der Waals surface area contributed by atoms with E-state index in [1.54, 1.807) is 4.68 Å². The molecule has 12 heteroatoms. The molecular formula is C29H41FN8O3. The number of imidazole rings is 1. The molecule has 0 radical (unpaired) electrons. The fourth-order valence-corrected chi connectivity index (χ4v) is 4.76. The van der Waals surface area contributed by atoms with Gasteiger partial charge < -0.3 is 20.4 Å². The zero-order valence-electron chi connectivity index (χ0n) is 24.2. The number of H-pyrrole nitrogens is 1. The summed E-state index contributed by atoms with van der Waals surface area (Å²) in [6, 6.07) is 3.02. The maximum Gasteiger partial charge on any atom is 0.255 e. The molecule has 0 aliphatic carbocycles. The summed E-state index contributed by atoms with van der Waals surface area (Å²) in [5, 5.41) is 14.3. The number of unbranched alkanes of at least 4 members (excludes halogenated alkanes) is 1. The van der Waals surface area contributed by atoms with Crippen LogP contribution in [-0.4, -0.2) is 74.0 Å². The highest BCUT2D eigenvalue weighted by Crippen LogP contribution is 2.21. The number of hydrogen-bond acceptors (Lipinski definition) is 7. The van der Waals surface area contributed by atoms with Crippen molar-refractivity contribution >= 4 is 11.8 Å². The minimum Gasteiger partial charge on any atom is -0.491 e. The van der Waals surface area contributed by atoms with E-state index >= 15 is 0 Å². The number of aromatic amines is 1. The van der Waals surface area contributed by atoms with E-state index < -0.39 is 17.8 Å². The third-order valence-corrected chi connectivity index (χ3v) is 6.93. The Bertz CT molecular complexity index is 1290. The summed E-state index contributed by atoms with van der Waals surface area (Å²) in [5.74, 6) is -0.0409. The molecule has 0 saturated carbocycles. The van der Waals surface area contributed by atoms with Crippen molar-refractivity contribution in [3.05, 3.63) is 59.2 Å². The average Bonchev–Trinajstić information content (AvgIpc) is 3.59. The minimum atomic E-state index is -0.774. The van der Waals surface area contributed by atoms with Gasteiger partial charge in [0.2, 0.25) is 5.91 Å². The largest absolute Gasteiger partial charge is 0.491 e. The number of rotatable bonds is 7. The molecule has 1 aromatic carbocycles. The highest BCUT2D eigenvalue weighted by atomic mass is 19.1. The van der Waals surface area contributed by atoms with Crippen LogP contribution in [0.1, 0.15) is 67.6 Å². The van der Waals surface area contributed by atoms with Crippen LogP contribution in [0.2, 0.25) is 0 Å². The van der Waals surface area contributed by atoms with Crippen molar-refractivity contribution in [3.8, 4) is 5.75 Å². The van der Waals surface area contributed by atoms with Gasteiger partial charge in [0.1, 0.15) is 30.0 Å². The number of carbonyl (C=O) groups excluding carboxylic acids is 2. The maximum atomic E-state index is 14.1. The first-order valence-corrected chi connectivity index (χ1v) is 14.5. The first-order chi connectivity index (χ1) is 19.8. The number of amides is 2. The van der Waals surface area contributed by atoms with Crippen LogP contribution in [0, 0.1) is 11.7 Å². The van der Waals surface area contributed by atoms with Crippen molar-refractivity contribution in [3.63, 3.8) is 0 Å². The molecule has 3 N–H and O–H groups in total. The van der Waals surface area contributed by atoms with Crippen molar-refractivity contribution in [2.24, 2.45) is 5.92 Å². The summed E-state index contributed by atoms with van der Waals surface area (Å²) < 4.78 is 21.7. The lowest BCUT2D eigenvalue weighted by Crippen LogP contribution is -2.49. The van der Waals surface area contributed by atoms with E-state index in [9.17, 15) is 14.0 Å². The van der Waals surface area contributed by atoms with Crippen LogP contribution in [0.4, 0.5) is 4.39 Å². The van der Waals surface area contributed by atoms with Gasteiger partial charge in [-0.25, -0.2) is 14.1 Å². The molecule has 2 bridgehead atoms. The van der Waals surface area contributed by atoms with Crippen LogP contribution in [0.15, 0.2) is 30.6 Å². The Labute approximate surface area is 240 Å². The molecular weight excluding hydrogens is 527 g/mol. The molecule has 2 amide bonds. The second-order valence-electron chi connectivity index (χ2n) is 10.9. The standard InChI is InChI=1S/C29H41FN8O3/c1-4-5-6-27-32-17-23(33-27)18-37-11-9-22-19-38(36-35-22)13-14-41-26-8-7-21(30)16-24(26)28(39)34-25(15-20(2)3)29(40)31-10-12-37/h7-8,16-17,19-20,25H,4-6,9-15,18H2,1-3H3,(H,31,40)(H,32,33)(H,34,39)/t25-/m1/s1. The number of nitrogens with one attached hydrogen (secondary N) is 3. The van der Waals surface area contributed by atoms with Gasteiger partial charge in [0.05, 0.1) is 17.8 Å². The molecule has 1 aliphatic heterocycles. The molecule has 3 heterocycles. The van der Waals surface area contributed by atoms with Crippen molar-refractivity contribution < 1.29 is 18.7 Å². The summed E-state index contributed by atoms with van der Waals surface area (Å²) in [4.78, 5) is 36.6. The smallest absolute Gasteiger partial charge is 0.255 e. The second-order valence-corrected chi connectivity index (χ2v) is 10.9. The Kier molecular flexibility index (Phi) is 10.8. The molecule has 0 fully saturated rings. The van der Waals surface area contributed by atoms with Gasteiger partial charge in [-0.2, -0.15) is 0 Å². The first kappa shape index (κ1) is 30.2. The number of hydrogen-bond donors (Lipinski definition) is 3. The summed E-state index contributed by atoms with van der Waals surface area (Å²) in [7, 11) is 0. The van der Waals surface area contributed by atoms with Crippen molar-refractivity contribution in [2.75, 3.05) is 26.2 Å². The van der Waals surface area contributed by atoms with Crippen LogP contribution in [0.3, 0.4) is 0 Å². The van der Waals surface area contributed by atoms with Crippen LogP contribution in [0.25, 0.3) is 0 Å². The van der Waals surface area contributed by atoms with Gasteiger partial charge in [-0.3, -0.25) is 14.5 Å². The lowest BCUT2D eigenvalue weighted by molar-refractivity contribution is -0.123. The lowest BCUT2D eigenvalue weighted by Gasteiger charge is -2.24. The van der Waals surface area contributed by atoms with Crippen molar-refractivity contribution in [1.82, 2.24) is 40.5 Å². The molecule has 0 unspecified atom stereocenters. The Hall–Kier alpha value is -3.80. The van der Waals surface area contributed by atoms with Gasteiger partial charge in [-0.05, 0) is 37.0 Å². The topological polar surface area (TPSA) is 130 Å². The third-order valence-electron chi connectivity index (χ3n) is 6.93. The number of halogens is 1. The van der Waals surface area contributed by atoms with E-state index in [-0.39, 0.29) is 29.7 Å².